The predicted octanol–water partition coefficient (Wildman–Crippen LogP) is 4.38. The molecule has 0 fully saturated rings. The molecule has 26 heavy (non-hydrogen) atoms. The number of pyridine rings is 2. The number of halogens is 1. The van der Waals surface area contributed by atoms with Crippen molar-refractivity contribution in [1.82, 2.24) is 14.4 Å². The molecule has 0 radical (unpaired) electrons. The van der Waals surface area contributed by atoms with E-state index in [1.807, 2.05) is 42.5 Å². The van der Waals surface area contributed by atoms with Crippen LogP contribution in [0.1, 0.15) is 10.5 Å². The van der Waals surface area contributed by atoms with E-state index in [1.54, 1.807) is 35.0 Å². The largest absolute Gasteiger partial charge is 0.340 e. The number of rotatable bonds is 4. The Hall–Kier alpha value is -3.38. The van der Waals surface area contributed by atoms with Crippen molar-refractivity contribution in [3.63, 3.8) is 0 Å². The summed E-state index contributed by atoms with van der Waals surface area (Å²) in [6.45, 7) is 0. The second-order valence-corrected chi connectivity index (χ2v) is 5.92. The first-order valence-corrected chi connectivity index (χ1v) is 8.30. The van der Waals surface area contributed by atoms with Crippen LogP contribution in [0, 0.1) is 0 Å². The smallest absolute Gasteiger partial charge is 0.275 e. The number of carbonyl (C=O) groups excluding carboxylic acids is 1. The fourth-order valence-corrected chi connectivity index (χ4v) is 2.84. The van der Waals surface area contributed by atoms with Gasteiger partial charge in [0.15, 0.2) is 10.8 Å². The van der Waals surface area contributed by atoms with E-state index >= 15 is 0 Å². The number of para-hydroxylation sites is 1. The molecule has 1 amide bonds. The van der Waals surface area contributed by atoms with E-state index in [2.05, 4.69) is 20.6 Å². The van der Waals surface area contributed by atoms with Crippen LogP contribution in [0.4, 0.5) is 17.2 Å². The Balaban J connectivity index is 1.52. The molecule has 4 rings (SSSR count). The van der Waals surface area contributed by atoms with Gasteiger partial charge in [0.05, 0.1) is 11.9 Å². The molecule has 0 spiro atoms. The van der Waals surface area contributed by atoms with Crippen LogP contribution in [-0.2, 0) is 0 Å². The summed E-state index contributed by atoms with van der Waals surface area (Å²) in [5.74, 6) is 0.335. The second kappa shape index (κ2) is 6.85. The van der Waals surface area contributed by atoms with Gasteiger partial charge in [0, 0.05) is 11.9 Å². The molecular formula is C19H14ClN5O. The number of nitrogens with one attached hydrogen (secondary N) is 2. The summed E-state index contributed by atoms with van der Waals surface area (Å²) in [6.07, 6.45) is 3.33. The van der Waals surface area contributed by atoms with E-state index in [9.17, 15) is 4.79 Å². The molecule has 7 heteroatoms. The first-order valence-electron chi connectivity index (χ1n) is 7.93. The lowest BCUT2D eigenvalue weighted by Crippen LogP contribution is -2.15. The molecule has 0 saturated carbocycles. The third-order valence-electron chi connectivity index (χ3n) is 3.77. The highest BCUT2D eigenvalue weighted by Crippen LogP contribution is 2.20. The third kappa shape index (κ3) is 3.22. The molecule has 1 aromatic carbocycles. The van der Waals surface area contributed by atoms with Crippen LogP contribution in [0.5, 0.6) is 0 Å². The summed E-state index contributed by atoms with van der Waals surface area (Å²) < 4.78 is 1.65. The molecule has 0 unspecified atom stereocenters. The number of amides is 1. The topological polar surface area (TPSA) is 71.3 Å². The molecule has 2 N–H and O–H groups in total. The van der Waals surface area contributed by atoms with E-state index in [1.165, 1.54) is 0 Å². The van der Waals surface area contributed by atoms with Gasteiger partial charge >= 0.3 is 0 Å². The zero-order valence-electron chi connectivity index (χ0n) is 13.6. The summed E-state index contributed by atoms with van der Waals surface area (Å²) >= 11 is 6.13. The predicted molar refractivity (Wildman–Crippen MR) is 102 cm³/mol. The monoisotopic (exact) mass is 363 g/mol. The van der Waals surface area contributed by atoms with Gasteiger partial charge in [-0.3, -0.25) is 9.20 Å². The van der Waals surface area contributed by atoms with Gasteiger partial charge in [-0.2, -0.15) is 0 Å². The maximum Gasteiger partial charge on any atom is 0.275 e. The summed E-state index contributed by atoms with van der Waals surface area (Å²) in [5, 5.41) is 6.14. The Labute approximate surface area is 154 Å². The number of benzene rings is 1. The molecule has 0 aliphatic rings. The van der Waals surface area contributed by atoms with Gasteiger partial charge in [0.2, 0.25) is 0 Å². The Morgan fingerprint density at radius 3 is 2.54 bits per heavy atom. The Morgan fingerprint density at radius 1 is 0.962 bits per heavy atom. The zero-order chi connectivity index (χ0) is 17.9. The van der Waals surface area contributed by atoms with E-state index < -0.39 is 0 Å². The van der Waals surface area contributed by atoms with Crippen LogP contribution in [0.25, 0.3) is 5.65 Å². The first-order chi connectivity index (χ1) is 12.7. The molecule has 6 nitrogen and oxygen atoms in total. The van der Waals surface area contributed by atoms with E-state index in [0.717, 1.165) is 5.69 Å². The Bertz CT molecular complexity index is 1060. The van der Waals surface area contributed by atoms with Gasteiger partial charge in [0.25, 0.3) is 5.91 Å². The van der Waals surface area contributed by atoms with Gasteiger partial charge in [0.1, 0.15) is 11.5 Å². The number of nitrogens with zero attached hydrogens (tertiary/aromatic N) is 3. The lowest BCUT2D eigenvalue weighted by Gasteiger charge is -2.08. The van der Waals surface area contributed by atoms with Crippen LogP contribution in [0.2, 0.25) is 5.15 Å². The van der Waals surface area contributed by atoms with Gasteiger partial charge in [-0.25, -0.2) is 9.97 Å². The first kappa shape index (κ1) is 16.1. The van der Waals surface area contributed by atoms with Crippen LogP contribution in [-0.4, -0.2) is 20.3 Å². The maximum absolute atomic E-state index is 12.6. The third-order valence-corrected chi connectivity index (χ3v) is 4.03. The molecule has 0 aliphatic heterocycles. The van der Waals surface area contributed by atoms with Crippen LogP contribution >= 0.6 is 11.6 Å². The summed E-state index contributed by atoms with van der Waals surface area (Å²) in [4.78, 5) is 21.1. The van der Waals surface area contributed by atoms with Gasteiger partial charge in [-0.05, 0) is 36.4 Å². The zero-order valence-corrected chi connectivity index (χ0v) is 14.3. The van der Waals surface area contributed by atoms with Gasteiger partial charge in [-0.1, -0.05) is 35.9 Å². The van der Waals surface area contributed by atoms with Crippen molar-refractivity contribution < 1.29 is 4.79 Å². The van der Waals surface area contributed by atoms with Gasteiger partial charge < -0.3 is 10.6 Å². The van der Waals surface area contributed by atoms with Crippen molar-refractivity contribution in [3.05, 3.63) is 83.9 Å². The average Bonchev–Trinajstić information content (AvgIpc) is 3.00. The van der Waals surface area contributed by atoms with Crippen molar-refractivity contribution >= 4 is 40.3 Å². The number of carbonyl (C=O) groups is 1. The summed E-state index contributed by atoms with van der Waals surface area (Å²) in [5.41, 5.74) is 2.40. The highest BCUT2D eigenvalue weighted by Gasteiger charge is 2.18. The fraction of sp³-hybridized carbons (Fsp3) is 0. The SMILES string of the molecule is O=C(Nc1ccc(Nc2ccccc2)nc1)c1c(Cl)nc2ccccn12. The lowest BCUT2D eigenvalue weighted by molar-refractivity contribution is 0.102. The number of hydrogen-bond acceptors (Lipinski definition) is 4. The van der Waals surface area contributed by atoms with E-state index in [4.69, 9.17) is 11.6 Å². The second-order valence-electron chi connectivity index (χ2n) is 5.56. The van der Waals surface area contributed by atoms with Gasteiger partial charge in [-0.15, -0.1) is 0 Å². The van der Waals surface area contributed by atoms with Crippen molar-refractivity contribution in [2.24, 2.45) is 0 Å². The number of aromatic nitrogens is 3. The summed E-state index contributed by atoms with van der Waals surface area (Å²) in [6, 6.07) is 18.7. The molecule has 3 heterocycles. The molecule has 4 aromatic rings. The average molecular weight is 364 g/mol. The Morgan fingerprint density at radius 2 is 1.77 bits per heavy atom. The van der Waals surface area contributed by atoms with E-state index in [-0.39, 0.29) is 16.8 Å². The molecule has 128 valence electrons. The maximum atomic E-state index is 12.6. The number of hydrogen-bond donors (Lipinski definition) is 2. The normalized spacial score (nSPS) is 10.7. The molecule has 3 aromatic heterocycles. The minimum absolute atomic E-state index is 0.157. The van der Waals surface area contributed by atoms with E-state index in [0.29, 0.717) is 17.2 Å². The van der Waals surface area contributed by atoms with Crippen LogP contribution < -0.4 is 10.6 Å². The van der Waals surface area contributed by atoms with Crippen molar-refractivity contribution in [2.75, 3.05) is 10.6 Å². The quantitative estimate of drug-likeness (QED) is 0.564. The number of fused-ring (bicyclic) bond motifs is 1. The van der Waals surface area contributed by atoms with Crippen LogP contribution in [0.3, 0.4) is 0 Å². The molecule has 0 saturated heterocycles. The molecule has 0 aliphatic carbocycles. The van der Waals surface area contributed by atoms with Crippen molar-refractivity contribution in [2.45, 2.75) is 0 Å². The molecule has 0 atom stereocenters. The molecule has 0 bridgehead atoms. The Kier molecular flexibility index (Phi) is 4.25. The van der Waals surface area contributed by atoms with Crippen LogP contribution in [0.15, 0.2) is 73.1 Å². The number of anilines is 3. The summed E-state index contributed by atoms with van der Waals surface area (Å²) in [7, 11) is 0. The number of imidazole rings is 1. The minimum atomic E-state index is -0.348. The molecular weight excluding hydrogens is 350 g/mol. The minimum Gasteiger partial charge on any atom is -0.340 e. The van der Waals surface area contributed by atoms with Crippen molar-refractivity contribution in [3.8, 4) is 0 Å². The van der Waals surface area contributed by atoms with Crippen molar-refractivity contribution in [1.29, 1.82) is 0 Å². The lowest BCUT2D eigenvalue weighted by atomic mass is 10.3. The highest BCUT2D eigenvalue weighted by atomic mass is 35.5. The highest BCUT2D eigenvalue weighted by molar-refractivity contribution is 6.33. The standard InChI is InChI=1S/C19H14ClN5O/c20-18-17(25-11-5-4-8-16(25)24-18)19(26)23-14-9-10-15(21-12-14)22-13-6-2-1-3-7-13/h1-12H,(H,21,22)(H,23,26). The fourth-order valence-electron chi connectivity index (χ4n) is 2.57.